The van der Waals surface area contributed by atoms with Crippen LogP contribution in [0.3, 0.4) is 0 Å². The molecule has 1 unspecified atom stereocenters. The molecule has 0 N–H and O–H groups in total. The van der Waals surface area contributed by atoms with E-state index in [0.717, 1.165) is 18.4 Å². The molecule has 1 radical (unpaired) electrons. The summed E-state index contributed by atoms with van der Waals surface area (Å²) in [6.07, 6.45) is 4.31. The Morgan fingerprint density at radius 2 is 2.27 bits per heavy atom. The summed E-state index contributed by atoms with van der Waals surface area (Å²) in [6.45, 7) is 4.07. The molecule has 1 nitrogen and oxygen atoms in total. The van der Waals surface area contributed by atoms with E-state index in [0.29, 0.717) is 11.7 Å². The normalized spacial score (nSPS) is 20.2. The van der Waals surface area contributed by atoms with Crippen molar-refractivity contribution in [3.63, 3.8) is 0 Å². The molecule has 15 heavy (non-hydrogen) atoms. The molecule has 0 saturated heterocycles. The molecule has 0 fully saturated rings. The molecule has 79 valence electrons. The van der Waals surface area contributed by atoms with Crippen molar-refractivity contribution in [2.24, 2.45) is 5.92 Å². The van der Waals surface area contributed by atoms with Crippen LogP contribution in [0, 0.1) is 18.7 Å². The molecule has 1 aromatic rings. The van der Waals surface area contributed by atoms with Gasteiger partial charge in [0.1, 0.15) is 0 Å². The number of hydrogen-bond acceptors (Lipinski definition) is 1. The maximum atomic E-state index is 13.2. The Hall–Kier alpha value is -1.31. The van der Waals surface area contributed by atoms with E-state index in [1.54, 1.807) is 12.1 Å². The van der Waals surface area contributed by atoms with Crippen LogP contribution in [0.5, 0.6) is 5.75 Å². The van der Waals surface area contributed by atoms with Crippen LogP contribution < -0.4 is 4.74 Å². The van der Waals surface area contributed by atoms with Crippen molar-refractivity contribution in [3.05, 3.63) is 42.6 Å². The van der Waals surface area contributed by atoms with Gasteiger partial charge in [-0.05, 0) is 49.0 Å². The number of rotatable bonds is 2. The third-order valence-corrected chi connectivity index (χ3v) is 2.80. The fourth-order valence-electron chi connectivity index (χ4n) is 1.96. The number of benzene rings is 1. The molecule has 0 spiro atoms. The van der Waals surface area contributed by atoms with E-state index in [1.165, 1.54) is 18.7 Å². The van der Waals surface area contributed by atoms with Crippen molar-refractivity contribution in [3.8, 4) is 5.75 Å². The Morgan fingerprint density at radius 1 is 1.47 bits per heavy atom. The summed E-state index contributed by atoms with van der Waals surface area (Å²) < 4.78 is 18.2. The molecule has 0 amide bonds. The van der Waals surface area contributed by atoms with Gasteiger partial charge < -0.3 is 4.74 Å². The van der Waals surface area contributed by atoms with Crippen molar-refractivity contribution in [1.29, 1.82) is 0 Å². The summed E-state index contributed by atoms with van der Waals surface area (Å²) >= 11 is 0. The van der Waals surface area contributed by atoms with E-state index < -0.39 is 0 Å². The Bertz CT molecular complexity index is 396. The minimum Gasteiger partial charge on any atom is -0.494 e. The largest absolute Gasteiger partial charge is 0.494 e. The van der Waals surface area contributed by atoms with Gasteiger partial charge in [0.05, 0.1) is 7.11 Å². The molecule has 2 rings (SSSR count). The summed E-state index contributed by atoms with van der Waals surface area (Å²) in [5, 5.41) is 0. The molecule has 1 aliphatic carbocycles. The molecule has 0 aromatic heterocycles. The van der Waals surface area contributed by atoms with Crippen molar-refractivity contribution in [2.45, 2.75) is 12.8 Å². The monoisotopic (exact) mass is 205 g/mol. The Labute approximate surface area is 89.6 Å². The SMILES string of the molecule is [CH2]C1CCC=C1c1ccc(F)c(OC)c1. The van der Waals surface area contributed by atoms with E-state index in [9.17, 15) is 4.39 Å². The highest BCUT2D eigenvalue weighted by atomic mass is 19.1. The molecule has 0 saturated carbocycles. The topological polar surface area (TPSA) is 9.23 Å². The summed E-state index contributed by atoms with van der Waals surface area (Å²) in [4.78, 5) is 0. The Morgan fingerprint density at radius 3 is 2.87 bits per heavy atom. The van der Waals surface area contributed by atoms with E-state index in [4.69, 9.17) is 4.74 Å². The van der Waals surface area contributed by atoms with Crippen LogP contribution in [0.2, 0.25) is 0 Å². The standard InChI is InChI=1S/C13H14FO/c1-9-4-3-5-11(9)10-6-7-12(14)13(8-10)15-2/h5-9H,1,3-4H2,2H3. The molecule has 1 atom stereocenters. The fraction of sp³-hybridized carbons (Fsp3) is 0.308. The lowest BCUT2D eigenvalue weighted by Gasteiger charge is -2.11. The molecule has 0 aliphatic heterocycles. The van der Waals surface area contributed by atoms with Crippen molar-refractivity contribution in [2.75, 3.05) is 7.11 Å². The van der Waals surface area contributed by atoms with Crippen molar-refractivity contribution < 1.29 is 9.13 Å². The van der Waals surface area contributed by atoms with Crippen LogP contribution in [-0.2, 0) is 0 Å². The van der Waals surface area contributed by atoms with E-state index in [-0.39, 0.29) is 5.82 Å². The van der Waals surface area contributed by atoms with Gasteiger partial charge in [-0.15, -0.1) is 0 Å². The first-order chi connectivity index (χ1) is 7.22. The quantitative estimate of drug-likeness (QED) is 0.718. The number of allylic oxidation sites excluding steroid dienone is 2. The zero-order valence-electron chi connectivity index (χ0n) is 8.79. The average Bonchev–Trinajstić information content (AvgIpc) is 2.65. The smallest absolute Gasteiger partial charge is 0.165 e. The molecular weight excluding hydrogens is 191 g/mol. The van der Waals surface area contributed by atoms with Gasteiger partial charge in [-0.2, -0.15) is 0 Å². The minimum absolute atomic E-state index is 0.299. The van der Waals surface area contributed by atoms with Gasteiger partial charge in [-0.25, -0.2) is 4.39 Å². The summed E-state index contributed by atoms with van der Waals surface area (Å²) in [5.41, 5.74) is 2.22. The van der Waals surface area contributed by atoms with Crippen LogP contribution >= 0.6 is 0 Å². The summed E-state index contributed by atoms with van der Waals surface area (Å²) in [5.74, 6) is 0.299. The van der Waals surface area contributed by atoms with E-state index >= 15 is 0 Å². The van der Waals surface area contributed by atoms with Gasteiger partial charge in [-0.3, -0.25) is 0 Å². The maximum absolute atomic E-state index is 13.2. The van der Waals surface area contributed by atoms with Crippen LogP contribution in [-0.4, -0.2) is 7.11 Å². The zero-order chi connectivity index (χ0) is 10.8. The van der Waals surface area contributed by atoms with Gasteiger partial charge in [0.15, 0.2) is 11.6 Å². The number of halogens is 1. The summed E-state index contributed by atoms with van der Waals surface area (Å²) in [7, 11) is 1.48. The Kier molecular flexibility index (Phi) is 2.76. The predicted octanol–water partition coefficient (Wildman–Crippen LogP) is 3.46. The second-order valence-electron chi connectivity index (χ2n) is 3.78. The molecule has 1 aromatic carbocycles. The van der Waals surface area contributed by atoms with Crippen LogP contribution in [0.1, 0.15) is 18.4 Å². The lowest BCUT2D eigenvalue weighted by Crippen LogP contribution is -1.95. The number of methoxy groups -OCH3 is 1. The van der Waals surface area contributed by atoms with Crippen molar-refractivity contribution >= 4 is 5.57 Å². The molecule has 0 heterocycles. The lowest BCUT2D eigenvalue weighted by molar-refractivity contribution is 0.386. The molecule has 0 bridgehead atoms. The highest BCUT2D eigenvalue weighted by molar-refractivity contribution is 5.70. The van der Waals surface area contributed by atoms with E-state index in [1.807, 2.05) is 0 Å². The first kappa shape index (κ1) is 10.2. The minimum atomic E-state index is -0.319. The van der Waals surface area contributed by atoms with Gasteiger partial charge in [0.2, 0.25) is 0 Å². The van der Waals surface area contributed by atoms with Gasteiger partial charge in [0.25, 0.3) is 0 Å². The molecule has 2 heteroatoms. The maximum Gasteiger partial charge on any atom is 0.165 e. The first-order valence-electron chi connectivity index (χ1n) is 5.09. The number of ether oxygens (including phenoxy) is 1. The van der Waals surface area contributed by atoms with Crippen LogP contribution in [0.4, 0.5) is 4.39 Å². The highest BCUT2D eigenvalue weighted by Gasteiger charge is 2.17. The summed E-state index contributed by atoms with van der Waals surface area (Å²) in [6, 6.07) is 4.97. The third kappa shape index (κ3) is 1.89. The fourth-order valence-corrected chi connectivity index (χ4v) is 1.96. The average molecular weight is 205 g/mol. The van der Waals surface area contributed by atoms with Crippen LogP contribution in [0.25, 0.3) is 5.57 Å². The van der Waals surface area contributed by atoms with Crippen molar-refractivity contribution in [1.82, 2.24) is 0 Å². The van der Waals surface area contributed by atoms with E-state index in [2.05, 4.69) is 13.0 Å². The molecular formula is C13H14FO. The second kappa shape index (κ2) is 4.05. The van der Waals surface area contributed by atoms with Gasteiger partial charge in [0, 0.05) is 0 Å². The first-order valence-corrected chi connectivity index (χ1v) is 5.09. The van der Waals surface area contributed by atoms with Crippen LogP contribution in [0.15, 0.2) is 24.3 Å². The Balaban J connectivity index is 2.37. The predicted molar refractivity (Wildman–Crippen MR) is 59.0 cm³/mol. The number of hydrogen-bond donors (Lipinski definition) is 0. The second-order valence-corrected chi connectivity index (χ2v) is 3.78. The van der Waals surface area contributed by atoms with Gasteiger partial charge in [-0.1, -0.05) is 12.1 Å². The third-order valence-electron chi connectivity index (χ3n) is 2.80. The highest BCUT2D eigenvalue weighted by Crippen LogP contribution is 2.34. The molecule has 1 aliphatic rings. The zero-order valence-corrected chi connectivity index (χ0v) is 8.79. The van der Waals surface area contributed by atoms with Gasteiger partial charge >= 0.3 is 0 Å². The lowest BCUT2D eigenvalue weighted by atomic mass is 9.96.